The maximum atomic E-state index is 12.4. The van der Waals surface area contributed by atoms with Crippen LogP contribution in [0.3, 0.4) is 0 Å². The third-order valence-electron chi connectivity index (χ3n) is 3.69. The molecular weight excluding hydrogens is 354 g/mol. The predicted molar refractivity (Wildman–Crippen MR) is 99.0 cm³/mol. The van der Waals surface area contributed by atoms with Crippen LogP contribution in [0.2, 0.25) is 0 Å². The zero-order valence-corrected chi connectivity index (χ0v) is 15.3. The number of nitriles is 1. The van der Waals surface area contributed by atoms with E-state index >= 15 is 0 Å². The molecule has 5 nitrogen and oxygen atoms in total. The SMILES string of the molecule is Cc1ccc(C)c(-c2csc(NS(=O)(=O)c3ccc(C#N)cc3)n2)c1. The largest absolute Gasteiger partial charge is 0.263 e. The third kappa shape index (κ3) is 3.71. The number of nitrogens with zero attached hydrogens (tertiary/aromatic N) is 2. The Kier molecular flexibility index (Phi) is 4.57. The maximum Gasteiger partial charge on any atom is 0.263 e. The minimum Gasteiger partial charge on any atom is -0.255 e. The highest BCUT2D eigenvalue weighted by molar-refractivity contribution is 7.93. The molecule has 0 saturated heterocycles. The summed E-state index contributed by atoms with van der Waals surface area (Å²) in [4.78, 5) is 4.50. The number of hydrogen-bond acceptors (Lipinski definition) is 5. The van der Waals surface area contributed by atoms with Gasteiger partial charge >= 0.3 is 0 Å². The molecule has 3 aromatic rings. The second-order valence-electron chi connectivity index (χ2n) is 5.60. The minimum absolute atomic E-state index is 0.0926. The van der Waals surface area contributed by atoms with Gasteiger partial charge in [-0.1, -0.05) is 17.7 Å². The van der Waals surface area contributed by atoms with Crippen LogP contribution in [0.25, 0.3) is 11.3 Å². The van der Waals surface area contributed by atoms with Gasteiger partial charge in [-0.25, -0.2) is 13.4 Å². The summed E-state index contributed by atoms with van der Waals surface area (Å²) in [5, 5.41) is 10.9. The molecule has 126 valence electrons. The Balaban J connectivity index is 1.87. The topological polar surface area (TPSA) is 82.9 Å². The minimum atomic E-state index is -3.74. The van der Waals surface area contributed by atoms with Crippen LogP contribution in [0.4, 0.5) is 5.13 Å². The van der Waals surface area contributed by atoms with Crippen LogP contribution in [-0.4, -0.2) is 13.4 Å². The van der Waals surface area contributed by atoms with Gasteiger partial charge in [0.1, 0.15) is 0 Å². The van der Waals surface area contributed by atoms with E-state index in [0.717, 1.165) is 22.4 Å². The summed E-state index contributed by atoms with van der Waals surface area (Å²) < 4.78 is 27.4. The van der Waals surface area contributed by atoms with Gasteiger partial charge in [-0.2, -0.15) is 5.26 Å². The van der Waals surface area contributed by atoms with Crippen LogP contribution in [-0.2, 0) is 10.0 Å². The fourth-order valence-electron chi connectivity index (χ4n) is 2.34. The number of rotatable bonds is 4. The molecule has 0 aliphatic rings. The third-order valence-corrected chi connectivity index (χ3v) is 5.93. The lowest BCUT2D eigenvalue weighted by molar-refractivity contribution is 0.601. The van der Waals surface area contributed by atoms with Crippen molar-refractivity contribution in [2.75, 3.05) is 4.72 Å². The second kappa shape index (κ2) is 6.67. The second-order valence-corrected chi connectivity index (χ2v) is 8.14. The van der Waals surface area contributed by atoms with E-state index < -0.39 is 10.0 Å². The number of aromatic nitrogens is 1. The number of aryl methyl sites for hydroxylation is 2. The molecule has 1 heterocycles. The van der Waals surface area contributed by atoms with Crippen molar-refractivity contribution in [3.63, 3.8) is 0 Å². The van der Waals surface area contributed by atoms with Crippen LogP contribution < -0.4 is 4.72 Å². The molecule has 0 aliphatic heterocycles. The molecule has 25 heavy (non-hydrogen) atoms. The maximum absolute atomic E-state index is 12.4. The number of nitrogens with one attached hydrogen (secondary N) is 1. The smallest absolute Gasteiger partial charge is 0.255 e. The number of hydrogen-bond donors (Lipinski definition) is 1. The van der Waals surface area contributed by atoms with E-state index in [2.05, 4.69) is 9.71 Å². The van der Waals surface area contributed by atoms with Crippen molar-refractivity contribution in [1.82, 2.24) is 4.98 Å². The Morgan fingerprint density at radius 2 is 1.84 bits per heavy atom. The molecule has 2 aromatic carbocycles. The van der Waals surface area contributed by atoms with Crippen LogP contribution >= 0.6 is 11.3 Å². The van der Waals surface area contributed by atoms with Gasteiger partial charge in [0.15, 0.2) is 5.13 Å². The van der Waals surface area contributed by atoms with Gasteiger partial charge < -0.3 is 0 Å². The van der Waals surface area contributed by atoms with E-state index in [1.54, 1.807) is 0 Å². The summed E-state index contributed by atoms with van der Waals surface area (Å²) >= 11 is 1.23. The summed E-state index contributed by atoms with van der Waals surface area (Å²) in [7, 11) is -3.74. The van der Waals surface area contributed by atoms with Crippen molar-refractivity contribution < 1.29 is 8.42 Å². The molecule has 0 saturated carbocycles. The van der Waals surface area contributed by atoms with Gasteiger partial charge in [0.25, 0.3) is 10.0 Å². The Morgan fingerprint density at radius 1 is 1.12 bits per heavy atom. The average Bonchev–Trinajstić information content (AvgIpc) is 3.04. The molecule has 0 unspecified atom stereocenters. The summed E-state index contributed by atoms with van der Waals surface area (Å²) in [6, 6.07) is 13.8. The zero-order valence-electron chi connectivity index (χ0n) is 13.6. The lowest BCUT2D eigenvalue weighted by atomic mass is 10.0. The van der Waals surface area contributed by atoms with Crippen molar-refractivity contribution in [2.45, 2.75) is 18.7 Å². The van der Waals surface area contributed by atoms with E-state index in [9.17, 15) is 8.42 Å². The molecule has 0 radical (unpaired) electrons. The Labute approximate surface area is 150 Å². The van der Waals surface area contributed by atoms with Crippen LogP contribution in [0.5, 0.6) is 0 Å². The fourth-order valence-corrected chi connectivity index (χ4v) is 4.30. The Morgan fingerprint density at radius 3 is 2.52 bits per heavy atom. The van der Waals surface area contributed by atoms with Crippen molar-refractivity contribution in [3.8, 4) is 17.3 Å². The lowest BCUT2D eigenvalue weighted by Gasteiger charge is -2.06. The molecule has 3 rings (SSSR count). The van der Waals surface area contributed by atoms with Crippen LogP contribution in [0.1, 0.15) is 16.7 Å². The summed E-state index contributed by atoms with van der Waals surface area (Å²) in [5.41, 5.74) is 4.33. The number of anilines is 1. The molecule has 0 bridgehead atoms. The molecule has 1 N–H and O–H groups in total. The predicted octanol–water partition coefficient (Wildman–Crippen LogP) is 4.10. The van der Waals surface area contributed by atoms with Gasteiger partial charge in [-0.05, 0) is 49.7 Å². The molecular formula is C18H15N3O2S2. The van der Waals surface area contributed by atoms with Gasteiger partial charge in [-0.15, -0.1) is 11.3 Å². The molecule has 0 atom stereocenters. The van der Waals surface area contributed by atoms with E-state index in [-0.39, 0.29) is 4.90 Å². The fraction of sp³-hybridized carbons (Fsp3) is 0.111. The highest BCUT2D eigenvalue weighted by atomic mass is 32.2. The van der Waals surface area contributed by atoms with Crippen LogP contribution in [0, 0.1) is 25.2 Å². The first kappa shape index (κ1) is 17.1. The number of thiazole rings is 1. The quantitative estimate of drug-likeness (QED) is 0.750. The zero-order chi connectivity index (χ0) is 18.0. The van der Waals surface area contributed by atoms with E-state index in [1.807, 2.05) is 43.5 Å². The normalized spacial score (nSPS) is 11.1. The molecule has 7 heteroatoms. The highest BCUT2D eigenvalue weighted by Gasteiger charge is 2.17. The molecule has 1 aromatic heterocycles. The highest BCUT2D eigenvalue weighted by Crippen LogP contribution is 2.29. The van der Waals surface area contributed by atoms with Gasteiger partial charge in [0.2, 0.25) is 0 Å². The van der Waals surface area contributed by atoms with E-state index in [0.29, 0.717) is 10.7 Å². The van der Waals surface area contributed by atoms with E-state index in [1.165, 1.54) is 35.6 Å². The summed E-state index contributed by atoms with van der Waals surface area (Å²) in [5.74, 6) is 0. The Hall–Kier alpha value is -2.69. The van der Waals surface area contributed by atoms with Gasteiger partial charge in [0.05, 0.1) is 22.2 Å². The van der Waals surface area contributed by atoms with Gasteiger partial charge in [-0.3, -0.25) is 4.72 Å². The summed E-state index contributed by atoms with van der Waals surface area (Å²) in [6.45, 7) is 4.00. The number of benzene rings is 2. The number of sulfonamides is 1. The molecule has 0 aliphatic carbocycles. The molecule has 0 fully saturated rings. The summed E-state index contributed by atoms with van der Waals surface area (Å²) in [6.07, 6.45) is 0. The van der Waals surface area contributed by atoms with Crippen molar-refractivity contribution in [1.29, 1.82) is 5.26 Å². The van der Waals surface area contributed by atoms with Gasteiger partial charge in [0, 0.05) is 10.9 Å². The first-order valence-corrected chi connectivity index (χ1v) is 9.81. The molecule has 0 amide bonds. The van der Waals surface area contributed by atoms with Crippen molar-refractivity contribution in [2.24, 2.45) is 0 Å². The lowest BCUT2D eigenvalue weighted by Crippen LogP contribution is -2.12. The average molecular weight is 369 g/mol. The van der Waals surface area contributed by atoms with Crippen LogP contribution in [0.15, 0.2) is 52.7 Å². The molecule has 0 spiro atoms. The standard InChI is InChI=1S/C18H15N3O2S2/c1-12-3-4-13(2)16(9-12)17-11-24-18(20-17)21-25(22,23)15-7-5-14(10-19)6-8-15/h3-9,11H,1-2H3,(H,20,21). The first-order valence-electron chi connectivity index (χ1n) is 7.45. The monoisotopic (exact) mass is 369 g/mol. The van der Waals surface area contributed by atoms with Crippen molar-refractivity contribution >= 4 is 26.5 Å². The van der Waals surface area contributed by atoms with Crippen molar-refractivity contribution in [3.05, 3.63) is 64.5 Å². The Bertz CT molecular complexity index is 1060. The first-order chi connectivity index (χ1) is 11.9. The van der Waals surface area contributed by atoms with E-state index in [4.69, 9.17) is 5.26 Å².